The summed E-state index contributed by atoms with van der Waals surface area (Å²) in [6, 6.07) is 9.81. The second-order valence-corrected chi connectivity index (χ2v) is 7.65. The number of aliphatic hydroxyl groups is 1. The second kappa shape index (κ2) is 11.0. The van der Waals surface area contributed by atoms with Crippen molar-refractivity contribution in [3.05, 3.63) is 93.3 Å². The zero-order valence-electron chi connectivity index (χ0n) is 17.9. The molecule has 3 aromatic carbocycles. The minimum Gasteiger partial charge on any atom is -0.491 e. The van der Waals surface area contributed by atoms with E-state index in [-0.39, 0.29) is 35.9 Å². The fourth-order valence-corrected chi connectivity index (χ4v) is 3.28. The molecule has 3 N–H and O–H groups in total. The van der Waals surface area contributed by atoms with Crippen molar-refractivity contribution in [1.29, 1.82) is 0 Å². The molecule has 0 fully saturated rings. The summed E-state index contributed by atoms with van der Waals surface area (Å²) in [5.74, 6) is -4.10. The summed E-state index contributed by atoms with van der Waals surface area (Å²) in [5, 5.41) is 13.7. The summed E-state index contributed by atoms with van der Waals surface area (Å²) in [7, 11) is 0. The number of anilines is 1. The maximum Gasteiger partial charge on any atom is 0.257 e. The van der Waals surface area contributed by atoms with E-state index in [9.17, 15) is 22.8 Å². The molecule has 0 spiro atoms. The summed E-state index contributed by atoms with van der Waals surface area (Å²) in [6.07, 6.45) is 0. The highest BCUT2D eigenvalue weighted by Gasteiger charge is 2.20. The van der Waals surface area contributed by atoms with Crippen molar-refractivity contribution in [1.82, 2.24) is 5.32 Å². The zero-order valence-corrected chi connectivity index (χ0v) is 18.7. The molecule has 0 aliphatic heterocycles. The van der Waals surface area contributed by atoms with Crippen molar-refractivity contribution in [2.24, 2.45) is 0 Å². The van der Waals surface area contributed by atoms with Crippen LogP contribution in [-0.4, -0.2) is 30.1 Å². The average Bonchev–Trinajstić information content (AvgIpc) is 2.79. The van der Waals surface area contributed by atoms with E-state index < -0.39 is 34.8 Å². The molecule has 2 amide bonds. The lowest BCUT2D eigenvalue weighted by Gasteiger charge is -2.13. The van der Waals surface area contributed by atoms with Gasteiger partial charge in [0.2, 0.25) is 0 Å². The highest BCUT2D eigenvalue weighted by atomic mass is 35.5. The first kappa shape index (κ1) is 25.1. The Balaban J connectivity index is 1.75. The van der Waals surface area contributed by atoms with Crippen LogP contribution in [0.1, 0.15) is 31.8 Å². The lowest BCUT2D eigenvalue weighted by molar-refractivity contribution is 0.0947. The van der Waals surface area contributed by atoms with E-state index in [0.717, 1.165) is 24.3 Å². The van der Waals surface area contributed by atoms with Gasteiger partial charge in [0.1, 0.15) is 18.2 Å². The van der Waals surface area contributed by atoms with Crippen LogP contribution >= 0.6 is 11.6 Å². The van der Waals surface area contributed by atoms with Gasteiger partial charge in [-0.2, -0.15) is 0 Å². The van der Waals surface area contributed by atoms with Gasteiger partial charge in [0.05, 0.1) is 22.8 Å². The number of amides is 2. The molecule has 0 saturated carbocycles. The fourth-order valence-electron chi connectivity index (χ4n) is 3.04. The van der Waals surface area contributed by atoms with Gasteiger partial charge < -0.3 is 20.5 Å². The highest BCUT2D eigenvalue weighted by molar-refractivity contribution is 6.34. The Kier molecular flexibility index (Phi) is 8.14. The number of rotatable bonds is 8. The number of benzene rings is 3. The summed E-state index contributed by atoms with van der Waals surface area (Å²) in [4.78, 5) is 25.3. The number of carbonyl (C=O) groups is 2. The predicted octanol–water partition coefficient (Wildman–Crippen LogP) is 4.62. The number of halogens is 4. The van der Waals surface area contributed by atoms with E-state index in [1.54, 1.807) is 25.1 Å². The standard InChI is InChI=1S/C24H20ClF3N2O4/c1-13-8-15(34-7-6-31)3-5-22(13)30-24(33)16-10-17(20(27)11-18(16)25)23(32)29-12-14-2-4-19(26)21(28)9-14/h2-5,8-11,31H,6-7,12H2,1H3,(H,29,32)(H,30,33). The van der Waals surface area contributed by atoms with Crippen molar-refractivity contribution in [2.75, 3.05) is 18.5 Å². The summed E-state index contributed by atoms with van der Waals surface area (Å²) in [5.41, 5.74) is 0.779. The van der Waals surface area contributed by atoms with Gasteiger partial charge in [-0.1, -0.05) is 17.7 Å². The Morgan fingerprint density at radius 1 is 0.941 bits per heavy atom. The molecule has 0 bridgehead atoms. The third-order valence-electron chi connectivity index (χ3n) is 4.79. The highest BCUT2D eigenvalue weighted by Crippen LogP contribution is 2.25. The van der Waals surface area contributed by atoms with E-state index in [4.69, 9.17) is 21.4 Å². The van der Waals surface area contributed by atoms with Gasteiger partial charge >= 0.3 is 0 Å². The largest absolute Gasteiger partial charge is 0.491 e. The summed E-state index contributed by atoms with van der Waals surface area (Å²) in [6.45, 7) is 1.52. The molecule has 0 unspecified atom stereocenters. The molecule has 3 aromatic rings. The lowest BCUT2D eigenvalue weighted by atomic mass is 10.1. The number of hydrogen-bond acceptors (Lipinski definition) is 4. The van der Waals surface area contributed by atoms with Gasteiger partial charge in [-0.25, -0.2) is 13.2 Å². The van der Waals surface area contributed by atoms with Crippen molar-refractivity contribution in [3.8, 4) is 5.75 Å². The van der Waals surface area contributed by atoms with Crippen LogP contribution in [0, 0.1) is 24.4 Å². The molecule has 6 nitrogen and oxygen atoms in total. The maximum absolute atomic E-state index is 14.4. The number of nitrogens with one attached hydrogen (secondary N) is 2. The Morgan fingerprint density at radius 2 is 1.71 bits per heavy atom. The molecule has 34 heavy (non-hydrogen) atoms. The van der Waals surface area contributed by atoms with E-state index in [1.165, 1.54) is 6.07 Å². The topological polar surface area (TPSA) is 87.7 Å². The van der Waals surface area contributed by atoms with Gasteiger partial charge in [0, 0.05) is 12.2 Å². The van der Waals surface area contributed by atoms with Crippen LogP contribution in [0.4, 0.5) is 18.9 Å². The van der Waals surface area contributed by atoms with Crippen molar-refractivity contribution >= 4 is 29.1 Å². The molecule has 0 atom stereocenters. The Hall–Kier alpha value is -3.56. The monoisotopic (exact) mass is 492 g/mol. The van der Waals surface area contributed by atoms with Gasteiger partial charge in [-0.15, -0.1) is 0 Å². The third kappa shape index (κ3) is 6.06. The predicted molar refractivity (Wildman–Crippen MR) is 121 cm³/mol. The Bertz CT molecular complexity index is 1240. The van der Waals surface area contributed by atoms with Crippen LogP contribution in [0.15, 0.2) is 48.5 Å². The van der Waals surface area contributed by atoms with Crippen LogP contribution in [0.3, 0.4) is 0 Å². The first-order chi connectivity index (χ1) is 16.2. The van der Waals surface area contributed by atoms with Crippen molar-refractivity contribution < 1.29 is 32.6 Å². The SMILES string of the molecule is Cc1cc(OCCO)ccc1NC(=O)c1cc(C(=O)NCc2ccc(F)c(F)c2)c(F)cc1Cl. The number of ether oxygens (including phenoxy) is 1. The Morgan fingerprint density at radius 3 is 2.38 bits per heavy atom. The van der Waals surface area contributed by atoms with Gasteiger partial charge in [0.25, 0.3) is 11.8 Å². The van der Waals surface area contributed by atoms with Crippen LogP contribution in [0.5, 0.6) is 5.75 Å². The van der Waals surface area contributed by atoms with E-state index in [2.05, 4.69) is 10.6 Å². The van der Waals surface area contributed by atoms with Crippen LogP contribution in [0.25, 0.3) is 0 Å². The molecular weight excluding hydrogens is 473 g/mol. The van der Waals surface area contributed by atoms with Gasteiger partial charge in [-0.05, 0) is 60.5 Å². The molecule has 0 heterocycles. The molecule has 3 rings (SSSR count). The van der Waals surface area contributed by atoms with Crippen molar-refractivity contribution in [3.63, 3.8) is 0 Å². The Labute approximate surface area is 198 Å². The van der Waals surface area contributed by atoms with Gasteiger partial charge in [0.15, 0.2) is 11.6 Å². The second-order valence-electron chi connectivity index (χ2n) is 7.25. The average molecular weight is 493 g/mol. The van der Waals surface area contributed by atoms with E-state index >= 15 is 0 Å². The number of aliphatic hydroxyl groups excluding tert-OH is 1. The quantitative estimate of drug-likeness (QED) is 0.428. The minimum absolute atomic E-state index is 0.122. The molecule has 0 aliphatic carbocycles. The summed E-state index contributed by atoms with van der Waals surface area (Å²) < 4.78 is 46.1. The molecule has 0 saturated heterocycles. The molecular formula is C24H20ClF3N2O4. The summed E-state index contributed by atoms with van der Waals surface area (Å²) >= 11 is 6.04. The molecule has 0 aromatic heterocycles. The van der Waals surface area contributed by atoms with Gasteiger partial charge in [-0.3, -0.25) is 9.59 Å². The molecule has 178 valence electrons. The molecule has 10 heteroatoms. The number of hydrogen-bond donors (Lipinski definition) is 3. The smallest absolute Gasteiger partial charge is 0.257 e. The van der Waals surface area contributed by atoms with Crippen LogP contribution in [-0.2, 0) is 6.54 Å². The van der Waals surface area contributed by atoms with E-state index in [0.29, 0.717) is 17.0 Å². The van der Waals surface area contributed by atoms with Crippen molar-refractivity contribution in [2.45, 2.75) is 13.5 Å². The fraction of sp³-hybridized carbons (Fsp3) is 0.167. The number of aryl methyl sites for hydroxylation is 1. The minimum atomic E-state index is -1.08. The molecule has 0 aliphatic rings. The molecule has 0 radical (unpaired) electrons. The third-order valence-corrected chi connectivity index (χ3v) is 5.10. The normalized spacial score (nSPS) is 10.6. The van der Waals surface area contributed by atoms with Crippen LogP contribution < -0.4 is 15.4 Å². The zero-order chi connectivity index (χ0) is 24.8. The number of carbonyl (C=O) groups excluding carboxylic acids is 2. The first-order valence-corrected chi connectivity index (χ1v) is 10.4. The first-order valence-electron chi connectivity index (χ1n) is 10.1. The van der Waals surface area contributed by atoms with Crippen LogP contribution in [0.2, 0.25) is 5.02 Å². The van der Waals surface area contributed by atoms with E-state index in [1.807, 2.05) is 0 Å². The maximum atomic E-state index is 14.4. The lowest BCUT2D eigenvalue weighted by Crippen LogP contribution is -2.25.